The van der Waals surface area contributed by atoms with Gasteiger partial charge in [-0.05, 0) is 62.2 Å². The first kappa shape index (κ1) is 18.2. The van der Waals surface area contributed by atoms with E-state index in [0.717, 1.165) is 12.1 Å². The molecule has 146 valence electrons. The third kappa shape index (κ3) is 3.00. The third-order valence-electron chi connectivity index (χ3n) is 6.57. The van der Waals surface area contributed by atoms with Crippen molar-refractivity contribution in [2.45, 2.75) is 51.9 Å². The van der Waals surface area contributed by atoms with Crippen LogP contribution < -0.4 is 5.73 Å². The molecule has 0 saturated carbocycles. The second-order valence-electron chi connectivity index (χ2n) is 8.45. The molecule has 5 rings (SSSR count). The summed E-state index contributed by atoms with van der Waals surface area (Å²) in [4.78, 5) is 0. The van der Waals surface area contributed by atoms with E-state index in [1.165, 1.54) is 87.2 Å². The van der Waals surface area contributed by atoms with E-state index in [1.54, 1.807) is 0 Å². The lowest BCUT2D eigenvalue weighted by Gasteiger charge is -2.17. The Bertz CT molecular complexity index is 1300. The minimum Gasteiger partial charge on any atom is -0.398 e. The summed E-state index contributed by atoms with van der Waals surface area (Å²) in [5, 5.41) is 10.5. The lowest BCUT2D eigenvalue weighted by molar-refractivity contribution is 0.608. The fourth-order valence-electron chi connectivity index (χ4n) is 5.12. The zero-order valence-electron chi connectivity index (χ0n) is 17.3. The first-order chi connectivity index (χ1) is 14.3. The highest BCUT2D eigenvalue weighted by Gasteiger charge is 2.15. The Balaban J connectivity index is 1.66. The van der Waals surface area contributed by atoms with Gasteiger partial charge in [-0.15, -0.1) is 0 Å². The molecule has 0 radical (unpaired) electrons. The molecule has 5 aromatic rings. The Morgan fingerprint density at radius 2 is 1.31 bits per heavy atom. The maximum Gasteiger partial charge on any atom is 0.0400 e. The van der Waals surface area contributed by atoms with Gasteiger partial charge in [0.05, 0.1) is 0 Å². The van der Waals surface area contributed by atoms with Crippen molar-refractivity contribution in [1.29, 1.82) is 0 Å². The molecule has 0 saturated heterocycles. The van der Waals surface area contributed by atoms with E-state index in [4.69, 9.17) is 5.73 Å². The summed E-state index contributed by atoms with van der Waals surface area (Å²) in [6.45, 7) is 2.28. The summed E-state index contributed by atoms with van der Waals surface area (Å²) >= 11 is 0. The summed E-state index contributed by atoms with van der Waals surface area (Å²) in [5.41, 5.74) is 8.87. The number of fused-ring (bicyclic) bond motifs is 2. The Labute approximate surface area is 172 Å². The Morgan fingerprint density at radius 3 is 2.17 bits per heavy atom. The number of anilines is 1. The number of hydrogen-bond acceptors (Lipinski definition) is 1. The SMILES string of the molecule is CCCCCCCCc1ccc2c3c(N)ccc4cccc(c5cccc1c52)c43. The van der Waals surface area contributed by atoms with E-state index in [2.05, 4.69) is 67.6 Å². The molecule has 29 heavy (non-hydrogen) atoms. The van der Waals surface area contributed by atoms with Crippen LogP contribution in [0, 0.1) is 0 Å². The molecule has 1 nitrogen and oxygen atoms in total. The highest BCUT2D eigenvalue weighted by Crippen LogP contribution is 2.43. The summed E-state index contributed by atoms with van der Waals surface area (Å²) < 4.78 is 0. The highest BCUT2D eigenvalue weighted by molar-refractivity contribution is 6.35. The van der Waals surface area contributed by atoms with Crippen LogP contribution in [0.1, 0.15) is 51.0 Å². The van der Waals surface area contributed by atoms with Gasteiger partial charge in [0.1, 0.15) is 0 Å². The first-order valence-corrected chi connectivity index (χ1v) is 11.2. The number of aryl methyl sites for hydroxylation is 1. The van der Waals surface area contributed by atoms with Gasteiger partial charge in [0.25, 0.3) is 0 Å². The normalized spacial score (nSPS) is 12.0. The third-order valence-corrected chi connectivity index (χ3v) is 6.57. The van der Waals surface area contributed by atoms with Crippen molar-refractivity contribution in [1.82, 2.24) is 0 Å². The quantitative estimate of drug-likeness (QED) is 0.131. The molecule has 1 heteroatoms. The molecule has 0 atom stereocenters. The lowest BCUT2D eigenvalue weighted by atomic mass is 9.87. The molecule has 0 aliphatic carbocycles. The van der Waals surface area contributed by atoms with E-state index in [-0.39, 0.29) is 0 Å². The molecular weight excluding hydrogens is 350 g/mol. The van der Waals surface area contributed by atoms with Gasteiger partial charge >= 0.3 is 0 Å². The van der Waals surface area contributed by atoms with Crippen molar-refractivity contribution >= 4 is 48.8 Å². The predicted octanol–water partition coefficient (Wildman–Crippen LogP) is 8.22. The fraction of sp³-hybridized carbons (Fsp3) is 0.286. The molecule has 5 aromatic carbocycles. The maximum absolute atomic E-state index is 6.51. The van der Waals surface area contributed by atoms with Gasteiger partial charge in [-0.25, -0.2) is 0 Å². The molecule has 0 aliphatic rings. The molecule has 0 unspecified atom stereocenters. The van der Waals surface area contributed by atoms with Crippen LogP contribution in [0.5, 0.6) is 0 Å². The molecule has 0 aliphatic heterocycles. The van der Waals surface area contributed by atoms with Gasteiger partial charge in [0, 0.05) is 11.1 Å². The highest BCUT2D eigenvalue weighted by atomic mass is 14.6. The van der Waals surface area contributed by atoms with Crippen molar-refractivity contribution in [3.05, 3.63) is 66.2 Å². The van der Waals surface area contributed by atoms with E-state index < -0.39 is 0 Å². The van der Waals surface area contributed by atoms with Crippen LogP contribution in [0.3, 0.4) is 0 Å². The van der Waals surface area contributed by atoms with E-state index in [0.29, 0.717) is 0 Å². The topological polar surface area (TPSA) is 26.0 Å². The summed E-state index contributed by atoms with van der Waals surface area (Å²) in [6, 6.07) is 22.3. The van der Waals surface area contributed by atoms with Gasteiger partial charge in [0.2, 0.25) is 0 Å². The fourth-order valence-corrected chi connectivity index (χ4v) is 5.12. The Hall–Kier alpha value is -2.80. The zero-order chi connectivity index (χ0) is 19.8. The molecular formula is C28H29N. The Kier molecular flexibility index (Phi) is 4.75. The smallest absolute Gasteiger partial charge is 0.0400 e. The molecule has 0 heterocycles. The standard InChI is InChI=1S/C28H29N/c1-2-3-4-5-6-7-10-19-15-17-24-27-21(19)12-9-14-23(27)22-13-8-11-20-16-18-25(29)28(24)26(20)22/h8-9,11-18H,2-7,10,29H2,1H3. The van der Waals surface area contributed by atoms with Gasteiger partial charge in [-0.2, -0.15) is 0 Å². The molecule has 0 amide bonds. The van der Waals surface area contributed by atoms with Crippen LogP contribution >= 0.6 is 0 Å². The number of rotatable bonds is 7. The second kappa shape index (κ2) is 7.55. The van der Waals surface area contributed by atoms with Crippen LogP contribution in [0.15, 0.2) is 60.7 Å². The minimum atomic E-state index is 0.879. The van der Waals surface area contributed by atoms with Crippen molar-refractivity contribution in [2.24, 2.45) is 0 Å². The average molecular weight is 380 g/mol. The van der Waals surface area contributed by atoms with Crippen molar-refractivity contribution < 1.29 is 0 Å². The molecule has 0 bridgehead atoms. The predicted molar refractivity (Wildman–Crippen MR) is 129 cm³/mol. The molecule has 2 N–H and O–H groups in total. The van der Waals surface area contributed by atoms with E-state index in [1.807, 2.05) is 0 Å². The van der Waals surface area contributed by atoms with Gasteiger partial charge < -0.3 is 5.73 Å². The number of benzene rings is 5. The summed E-state index contributed by atoms with van der Waals surface area (Å²) in [6.07, 6.45) is 9.18. The van der Waals surface area contributed by atoms with Crippen molar-refractivity contribution in [3.8, 4) is 0 Å². The van der Waals surface area contributed by atoms with E-state index in [9.17, 15) is 0 Å². The average Bonchev–Trinajstić information content (AvgIpc) is 2.75. The second-order valence-corrected chi connectivity index (χ2v) is 8.45. The van der Waals surface area contributed by atoms with Crippen LogP contribution in [0.25, 0.3) is 43.1 Å². The molecule has 0 spiro atoms. The maximum atomic E-state index is 6.51. The lowest BCUT2D eigenvalue weighted by Crippen LogP contribution is -1.94. The minimum absolute atomic E-state index is 0.879. The Morgan fingerprint density at radius 1 is 0.586 bits per heavy atom. The van der Waals surface area contributed by atoms with Crippen LogP contribution in [-0.4, -0.2) is 0 Å². The first-order valence-electron chi connectivity index (χ1n) is 11.2. The van der Waals surface area contributed by atoms with Crippen LogP contribution in [0.2, 0.25) is 0 Å². The molecule has 0 fully saturated rings. The van der Waals surface area contributed by atoms with E-state index >= 15 is 0 Å². The van der Waals surface area contributed by atoms with Gasteiger partial charge in [-0.1, -0.05) is 93.6 Å². The monoisotopic (exact) mass is 379 g/mol. The van der Waals surface area contributed by atoms with Crippen LogP contribution in [-0.2, 0) is 6.42 Å². The van der Waals surface area contributed by atoms with Crippen LogP contribution in [0.4, 0.5) is 5.69 Å². The largest absolute Gasteiger partial charge is 0.398 e. The van der Waals surface area contributed by atoms with Gasteiger partial charge in [0.15, 0.2) is 0 Å². The number of nitrogen functional groups attached to an aromatic ring is 1. The summed E-state index contributed by atoms with van der Waals surface area (Å²) in [5.74, 6) is 0. The number of unbranched alkanes of at least 4 members (excludes halogenated alkanes) is 5. The number of nitrogens with two attached hydrogens (primary N) is 1. The summed E-state index contributed by atoms with van der Waals surface area (Å²) in [7, 11) is 0. The molecule has 0 aromatic heterocycles. The van der Waals surface area contributed by atoms with Crippen molar-refractivity contribution in [2.75, 3.05) is 5.73 Å². The zero-order valence-corrected chi connectivity index (χ0v) is 17.3. The number of hydrogen-bond donors (Lipinski definition) is 1. The van der Waals surface area contributed by atoms with Crippen molar-refractivity contribution in [3.63, 3.8) is 0 Å². The van der Waals surface area contributed by atoms with Gasteiger partial charge in [-0.3, -0.25) is 0 Å².